The van der Waals surface area contributed by atoms with Gasteiger partial charge >= 0.3 is 0 Å². The zero-order valence-electron chi connectivity index (χ0n) is 33.9. The van der Waals surface area contributed by atoms with Crippen LogP contribution in [0.25, 0.3) is 22.3 Å². The summed E-state index contributed by atoms with van der Waals surface area (Å²) in [5, 5.41) is 17.2. The number of ether oxygens (including phenoxy) is 2. The fourth-order valence-electron chi connectivity index (χ4n) is 6.95. The van der Waals surface area contributed by atoms with Crippen LogP contribution in [0.2, 0.25) is 10.0 Å². The summed E-state index contributed by atoms with van der Waals surface area (Å²) in [6, 6.07) is 13.3. The summed E-state index contributed by atoms with van der Waals surface area (Å²) in [6.07, 6.45) is -8.31. The maximum absolute atomic E-state index is 16.6. The lowest BCUT2D eigenvalue weighted by atomic mass is 10.1. The van der Waals surface area contributed by atoms with E-state index < -0.39 is 84.8 Å². The second-order valence-corrected chi connectivity index (χ2v) is 22.1. The summed E-state index contributed by atoms with van der Waals surface area (Å²) in [7, 11) is 0. The van der Waals surface area contributed by atoms with Gasteiger partial charge in [0.25, 0.3) is 11.5 Å². The number of hydrogen-bond donors (Lipinski definition) is 4. The maximum Gasteiger partial charge on any atom is 0.280 e. The van der Waals surface area contributed by atoms with Gasteiger partial charge in [0.05, 0.1) is 25.4 Å². The molecule has 0 saturated carbocycles. The molecule has 6 heterocycles. The number of hydrogen-bond acceptors (Lipinski definition) is 15. The van der Waals surface area contributed by atoms with Gasteiger partial charge in [-0.15, -0.1) is 0 Å². The lowest BCUT2D eigenvalue weighted by Gasteiger charge is -2.29. The number of amides is 2. The smallest absolute Gasteiger partial charge is 0.280 e. The Hall–Kier alpha value is -4.48. The van der Waals surface area contributed by atoms with Crippen molar-refractivity contribution in [1.82, 2.24) is 39.0 Å². The van der Waals surface area contributed by atoms with E-state index in [2.05, 4.69) is 40.5 Å². The number of carbonyl (C=O) groups is 2. The summed E-state index contributed by atoms with van der Waals surface area (Å²) in [5.41, 5.74) is -3.40. The molecule has 0 radical (unpaired) electrons. The Morgan fingerprint density at radius 3 is 2.42 bits per heavy atom. The van der Waals surface area contributed by atoms with Crippen LogP contribution < -0.4 is 16.2 Å². The third-order valence-electron chi connectivity index (χ3n) is 10.4. The minimum atomic E-state index is -3.79. The molecular weight excluding hydrogens is 941 g/mol. The van der Waals surface area contributed by atoms with Gasteiger partial charge in [-0.3, -0.25) is 33.8 Å². The van der Waals surface area contributed by atoms with Gasteiger partial charge in [0, 0.05) is 27.3 Å². The molecule has 0 aliphatic carbocycles. The highest BCUT2D eigenvalue weighted by atomic mass is 35.5. The summed E-state index contributed by atoms with van der Waals surface area (Å²) in [5.74, 6) is -1.30. The molecule has 4 aromatic heterocycles. The Kier molecular flexibility index (Phi) is 13.8. The molecule has 2 fully saturated rings. The fourth-order valence-corrected chi connectivity index (χ4v) is 11.8. The maximum atomic E-state index is 16.6. The molecule has 0 bridgehead atoms. The van der Waals surface area contributed by atoms with Gasteiger partial charge in [-0.25, -0.2) is 28.7 Å². The predicted octanol–water partition coefficient (Wildman–Crippen LogP) is 6.91. The molecule has 25 heteroatoms. The van der Waals surface area contributed by atoms with Gasteiger partial charge in [-0.05, 0) is 48.1 Å². The Balaban J connectivity index is 1.06. The average Bonchev–Trinajstić information content (AvgIpc) is 4.04. The first-order valence-electron chi connectivity index (χ1n) is 19.7. The zero-order chi connectivity index (χ0) is 45.4. The predicted molar refractivity (Wildman–Crippen MR) is 238 cm³/mol. The minimum absolute atomic E-state index is 0.0364. The van der Waals surface area contributed by atoms with Crippen molar-refractivity contribution < 1.29 is 42.0 Å². The molecule has 6 aromatic rings. The molecule has 2 aliphatic rings. The first-order valence-corrected chi connectivity index (χ1v) is 24.7. The van der Waals surface area contributed by atoms with Crippen molar-refractivity contribution in [2.75, 3.05) is 17.2 Å². The number of fused-ring (bicyclic) bond motifs is 2. The normalized spacial score (nSPS) is 24.4. The summed E-state index contributed by atoms with van der Waals surface area (Å²) in [6.45, 7) is 4.53. The van der Waals surface area contributed by atoms with E-state index in [4.69, 9.17) is 53.5 Å². The highest BCUT2D eigenvalue weighted by Crippen LogP contribution is 2.65. The number of imidazole rings is 2. The Morgan fingerprint density at radius 2 is 1.70 bits per heavy atom. The molecule has 338 valence electrons. The van der Waals surface area contributed by atoms with Crippen LogP contribution >= 0.6 is 40.3 Å². The van der Waals surface area contributed by atoms with E-state index in [0.717, 1.165) is 11.4 Å². The minimum Gasteiger partial charge on any atom is -0.387 e. The van der Waals surface area contributed by atoms with Crippen molar-refractivity contribution in [1.29, 1.82) is 0 Å². The van der Waals surface area contributed by atoms with E-state index >= 15 is 8.78 Å². The van der Waals surface area contributed by atoms with Crippen molar-refractivity contribution in [3.8, 4) is 0 Å². The second kappa shape index (κ2) is 19.2. The number of anilines is 2. The number of aromatic nitrogens is 8. The number of H-pyrrole nitrogens is 1. The number of benzene rings is 2. The number of halogens is 4. The van der Waals surface area contributed by atoms with Crippen LogP contribution in [0.3, 0.4) is 0 Å². The summed E-state index contributed by atoms with van der Waals surface area (Å²) in [4.78, 5) is 62.2. The van der Waals surface area contributed by atoms with Crippen LogP contribution in [0.5, 0.6) is 0 Å². The van der Waals surface area contributed by atoms with Crippen molar-refractivity contribution in [3.63, 3.8) is 0 Å². The number of carbonyl (C=O) groups excluding carboxylic acids is 2. The van der Waals surface area contributed by atoms with Crippen LogP contribution in [0.4, 0.5) is 20.5 Å². The van der Waals surface area contributed by atoms with E-state index in [9.17, 15) is 19.5 Å². The molecule has 2 saturated heterocycles. The Morgan fingerprint density at radius 1 is 0.984 bits per heavy atom. The van der Waals surface area contributed by atoms with Gasteiger partial charge in [-0.1, -0.05) is 79.6 Å². The van der Waals surface area contributed by atoms with E-state index in [1.165, 1.54) is 28.1 Å². The van der Waals surface area contributed by atoms with E-state index in [1.54, 1.807) is 69.3 Å². The van der Waals surface area contributed by atoms with E-state index in [1.807, 2.05) is 0 Å². The number of alkyl halides is 2. The van der Waals surface area contributed by atoms with Crippen LogP contribution in [0.1, 0.15) is 55.6 Å². The molecule has 1 unspecified atom stereocenters. The highest BCUT2D eigenvalue weighted by molar-refractivity contribution is 8.67. The van der Waals surface area contributed by atoms with Gasteiger partial charge in [0.15, 0.2) is 52.9 Å². The molecule has 2 aliphatic heterocycles. The Bertz CT molecular complexity index is 2810. The molecule has 9 atom stereocenters. The van der Waals surface area contributed by atoms with Crippen molar-refractivity contribution in [3.05, 3.63) is 99.0 Å². The molecule has 0 spiro atoms. The molecule has 2 amide bonds. The molecule has 8 rings (SSSR count). The largest absolute Gasteiger partial charge is 0.387 e. The number of nitrogens with one attached hydrogen (secondary N) is 3. The standard InChI is InChI=1S/C39H39Cl2F2N10O8PS2/c1-4-23-25(42)30(38(59-23)53-17-47-28-33(53)49-39(51-36(28)57)50-34(55)18(2)3)61-62(63,64-14-20-10-11-21(40)12-22(20)41)58-13-24-29(54)26(43)37(60-24)52-16-46-27-31(44-15-45-32(27)52)48-35(56)19-8-6-5-7-9-19/h5-12,15-18,23-26,29-30,37-38,54H,4,13-14H2,1-3H3,(H,44,45,48,56)(H2,49,50,51,55,57)/t23-,24-,25-,26+,29-,30-,37-,38-,62?/m1/s1. The average molecular weight is 980 g/mol. The number of nitrogens with zero attached hydrogens (tertiary/aromatic N) is 7. The molecular formula is C39H39Cl2F2N10O8PS2. The number of aromatic amines is 1. The third kappa shape index (κ3) is 9.44. The van der Waals surface area contributed by atoms with Crippen LogP contribution in [0, 0.1) is 5.92 Å². The van der Waals surface area contributed by atoms with Crippen molar-refractivity contribution >= 4 is 98.0 Å². The zero-order valence-corrected chi connectivity index (χ0v) is 37.9. The highest BCUT2D eigenvalue weighted by Gasteiger charge is 2.51. The van der Waals surface area contributed by atoms with Gasteiger partial charge in [-0.2, -0.15) is 4.98 Å². The fraction of sp³-hybridized carbons (Fsp3) is 0.385. The van der Waals surface area contributed by atoms with E-state index in [-0.39, 0.29) is 46.3 Å². The summed E-state index contributed by atoms with van der Waals surface area (Å²) >= 11 is 19.7. The van der Waals surface area contributed by atoms with Crippen LogP contribution in [-0.4, -0.2) is 99.3 Å². The molecule has 18 nitrogen and oxygen atoms in total. The number of aliphatic hydroxyl groups excluding tert-OH is 1. The Labute approximate surface area is 381 Å². The van der Waals surface area contributed by atoms with Crippen LogP contribution in [-0.2, 0) is 40.9 Å². The lowest BCUT2D eigenvalue weighted by molar-refractivity contribution is -0.118. The first-order chi connectivity index (χ1) is 30.6. The molecule has 2 aromatic carbocycles. The molecule has 4 N–H and O–H groups in total. The van der Waals surface area contributed by atoms with Crippen molar-refractivity contribution in [2.45, 2.75) is 82.2 Å². The van der Waals surface area contributed by atoms with Crippen LogP contribution in [0.15, 0.2) is 72.3 Å². The quantitative estimate of drug-likeness (QED) is 0.0768. The van der Waals surface area contributed by atoms with E-state index in [0.29, 0.717) is 21.2 Å². The second-order valence-electron chi connectivity index (χ2n) is 15.0. The topological polar surface area (TPSA) is 223 Å². The van der Waals surface area contributed by atoms with Crippen molar-refractivity contribution in [2.24, 2.45) is 5.92 Å². The monoisotopic (exact) mass is 978 g/mol. The number of aliphatic hydroxyl groups is 1. The molecule has 64 heavy (non-hydrogen) atoms. The van der Waals surface area contributed by atoms with Gasteiger partial charge < -0.3 is 28.9 Å². The third-order valence-corrected chi connectivity index (χ3v) is 16.1. The van der Waals surface area contributed by atoms with Gasteiger partial charge in [0.2, 0.25) is 17.5 Å². The van der Waals surface area contributed by atoms with Gasteiger partial charge in [0.1, 0.15) is 24.6 Å². The summed E-state index contributed by atoms with van der Waals surface area (Å²) < 4.78 is 60.3. The lowest BCUT2D eigenvalue weighted by Crippen LogP contribution is -2.32. The first kappa shape index (κ1) is 46.1. The SMILES string of the molecule is CC[C@H]1O[C@@H](n2cnc3c(=O)[nH]c(NC(=O)C(C)C)nc32)[C@H](OP(=S)(OC[C@H]2O[C@@H](n3cnc4c(NC(=O)c5ccccc5)ncnc43)[C@@H](F)[C@@H]2O)SCc2ccc(Cl)cc2Cl)[C@@H]1F. The number of rotatable bonds is 15.